The molecule has 0 atom stereocenters. The highest BCUT2D eigenvalue weighted by Crippen LogP contribution is 2.29. The van der Waals surface area contributed by atoms with E-state index in [4.69, 9.17) is 4.74 Å². The van der Waals surface area contributed by atoms with Gasteiger partial charge in [0, 0.05) is 5.39 Å². The first-order chi connectivity index (χ1) is 6.33. The minimum Gasteiger partial charge on any atom is -0.872 e. The summed E-state index contributed by atoms with van der Waals surface area (Å²) in [4.78, 5) is 0. The first kappa shape index (κ1) is 7.92. The molecule has 2 nitrogen and oxygen atoms in total. The van der Waals surface area contributed by atoms with E-state index in [2.05, 4.69) is 0 Å². The van der Waals surface area contributed by atoms with Crippen LogP contribution in [-0.4, -0.2) is 7.11 Å². The van der Waals surface area contributed by atoms with Crippen LogP contribution in [0.5, 0.6) is 11.5 Å². The molecule has 13 heavy (non-hydrogen) atoms. The van der Waals surface area contributed by atoms with Crippen molar-refractivity contribution < 1.29 is 9.84 Å². The molecule has 2 rings (SSSR count). The van der Waals surface area contributed by atoms with Gasteiger partial charge in [-0.1, -0.05) is 30.3 Å². The van der Waals surface area contributed by atoms with Crippen LogP contribution >= 0.6 is 0 Å². The van der Waals surface area contributed by atoms with Crippen LogP contribution in [0.4, 0.5) is 0 Å². The van der Waals surface area contributed by atoms with Gasteiger partial charge in [-0.05, 0) is 11.5 Å². The number of hydrogen-bond acceptors (Lipinski definition) is 2. The summed E-state index contributed by atoms with van der Waals surface area (Å²) in [6.45, 7) is 0. The number of hydrogen-bond donors (Lipinski definition) is 0. The van der Waals surface area contributed by atoms with E-state index in [1.54, 1.807) is 25.3 Å². The third-order valence-corrected chi connectivity index (χ3v) is 2.06. The smallest absolute Gasteiger partial charge is 0.126 e. The largest absolute Gasteiger partial charge is 0.872 e. The molecule has 0 amide bonds. The Morgan fingerprint density at radius 2 is 1.69 bits per heavy atom. The standard InChI is InChI=1S/C11H10O2/c1-13-11-7-3-4-8-9(11)5-2-6-10(8)12/h2-7,12H,1H3/p-1. The number of benzene rings is 2. The molecule has 2 aromatic rings. The predicted octanol–water partition coefficient (Wildman–Crippen LogP) is 1.92. The normalized spacial score (nSPS) is 10.2. The Morgan fingerprint density at radius 3 is 2.46 bits per heavy atom. The van der Waals surface area contributed by atoms with Crippen molar-refractivity contribution in [3.8, 4) is 11.5 Å². The van der Waals surface area contributed by atoms with Crippen molar-refractivity contribution in [1.82, 2.24) is 0 Å². The van der Waals surface area contributed by atoms with E-state index in [1.165, 1.54) is 0 Å². The topological polar surface area (TPSA) is 32.3 Å². The second-order valence-electron chi connectivity index (χ2n) is 2.81. The maximum atomic E-state index is 11.4. The van der Waals surface area contributed by atoms with Crippen LogP contribution in [0.1, 0.15) is 0 Å². The molecule has 0 aliphatic rings. The first-order valence-corrected chi connectivity index (χ1v) is 4.05. The fraction of sp³-hybridized carbons (Fsp3) is 0.0909. The maximum absolute atomic E-state index is 11.4. The molecule has 0 heterocycles. The molecule has 0 spiro atoms. The Morgan fingerprint density at radius 1 is 1.00 bits per heavy atom. The Kier molecular flexibility index (Phi) is 1.81. The summed E-state index contributed by atoms with van der Waals surface area (Å²) in [6.07, 6.45) is 0. The zero-order valence-electron chi connectivity index (χ0n) is 7.28. The molecular weight excluding hydrogens is 164 g/mol. The molecule has 0 aliphatic heterocycles. The summed E-state index contributed by atoms with van der Waals surface area (Å²) in [5.74, 6) is 0.784. The van der Waals surface area contributed by atoms with Gasteiger partial charge in [-0.2, -0.15) is 0 Å². The molecular formula is C11H9O2-. The first-order valence-electron chi connectivity index (χ1n) is 4.05. The van der Waals surface area contributed by atoms with Crippen LogP contribution in [0.15, 0.2) is 36.4 Å². The van der Waals surface area contributed by atoms with Crippen LogP contribution in [-0.2, 0) is 0 Å². The van der Waals surface area contributed by atoms with Gasteiger partial charge < -0.3 is 9.84 Å². The van der Waals surface area contributed by atoms with Gasteiger partial charge in [0.25, 0.3) is 0 Å². The van der Waals surface area contributed by atoms with E-state index in [0.29, 0.717) is 5.39 Å². The summed E-state index contributed by atoms with van der Waals surface area (Å²) >= 11 is 0. The van der Waals surface area contributed by atoms with Gasteiger partial charge >= 0.3 is 0 Å². The molecule has 0 saturated carbocycles. The Labute approximate surface area is 76.4 Å². The molecule has 0 unspecified atom stereocenters. The zero-order valence-corrected chi connectivity index (χ0v) is 7.28. The lowest BCUT2D eigenvalue weighted by Gasteiger charge is -2.11. The van der Waals surface area contributed by atoms with E-state index in [0.717, 1.165) is 11.1 Å². The Bertz CT molecular complexity index is 435. The van der Waals surface area contributed by atoms with Gasteiger partial charge in [0.15, 0.2) is 0 Å². The van der Waals surface area contributed by atoms with Gasteiger partial charge in [0.05, 0.1) is 7.11 Å². The van der Waals surface area contributed by atoms with Crippen molar-refractivity contribution in [2.45, 2.75) is 0 Å². The quantitative estimate of drug-likeness (QED) is 0.659. The predicted molar refractivity (Wildman–Crippen MR) is 49.9 cm³/mol. The highest BCUT2D eigenvalue weighted by molar-refractivity contribution is 5.92. The van der Waals surface area contributed by atoms with Crippen LogP contribution in [0, 0.1) is 0 Å². The van der Waals surface area contributed by atoms with Crippen molar-refractivity contribution >= 4 is 10.8 Å². The average molecular weight is 173 g/mol. The van der Waals surface area contributed by atoms with Crippen LogP contribution in [0.3, 0.4) is 0 Å². The molecule has 2 heteroatoms. The van der Waals surface area contributed by atoms with Crippen molar-refractivity contribution in [2.24, 2.45) is 0 Å². The molecule has 0 bridgehead atoms. The Balaban J connectivity index is 2.84. The van der Waals surface area contributed by atoms with E-state index in [9.17, 15) is 5.11 Å². The van der Waals surface area contributed by atoms with Crippen molar-refractivity contribution in [1.29, 1.82) is 0 Å². The summed E-state index contributed by atoms with van der Waals surface area (Å²) < 4.78 is 5.14. The summed E-state index contributed by atoms with van der Waals surface area (Å²) in [5, 5.41) is 13.0. The van der Waals surface area contributed by atoms with Gasteiger partial charge in [-0.25, -0.2) is 0 Å². The van der Waals surface area contributed by atoms with Gasteiger partial charge in [0.1, 0.15) is 5.75 Å². The average Bonchev–Trinajstić information content (AvgIpc) is 2.18. The second kappa shape index (κ2) is 2.98. The van der Waals surface area contributed by atoms with Gasteiger partial charge in [0.2, 0.25) is 0 Å². The minimum atomic E-state index is 0.0383. The zero-order chi connectivity index (χ0) is 9.26. The van der Waals surface area contributed by atoms with Crippen molar-refractivity contribution in [3.63, 3.8) is 0 Å². The molecule has 0 fully saturated rings. The monoisotopic (exact) mass is 173 g/mol. The second-order valence-corrected chi connectivity index (χ2v) is 2.81. The van der Waals surface area contributed by atoms with Crippen LogP contribution in [0.2, 0.25) is 0 Å². The van der Waals surface area contributed by atoms with Crippen LogP contribution < -0.4 is 9.84 Å². The number of rotatable bonds is 1. The lowest BCUT2D eigenvalue weighted by molar-refractivity contribution is -0.265. The molecule has 66 valence electrons. The SMILES string of the molecule is COc1cccc2c([O-])cccc12. The number of fused-ring (bicyclic) bond motifs is 1. The maximum Gasteiger partial charge on any atom is 0.126 e. The molecule has 0 aromatic heterocycles. The van der Waals surface area contributed by atoms with Crippen molar-refractivity contribution in [2.75, 3.05) is 7.11 Å². The minimum absolute atomic E-state index is 0.0383. The van der Waals surface area contributed by atoms with Crippen LogP contribution in [0.25, 0.3) is 10.8 Å². The molecule has 0 N–H and O–H groups in total. The summed E-state index contributed by atoms with van der Waals surface area (Å²) in [7, 11) is 1.60. The number of ether oxygens (including phenoxy) is 1. The van der Waals surface area contributed by atoms with E-state index >= 15 is 0 Å². The lowest BCUT2D eigenvalue weighted by Crippen LogP contribution is -1.91. The molecule has 0 radical (unpaired) electrons. The highest BCUT2D eigenvalue weighted by Gasteiger charge is 1.98. The third-order valence-electron chi connectivity index (χ3n) is 2.06. The van der Waals surface area contributed by atoms with E-state index < -0.39 is 0 Å². The van der Waals surface area contributed by atoms with E-state index in [1.807, 2.05) is 18.2 Å². The lowest BCUT2D eigenvalue weighted by atomic mass is 10.1. The highest BCUT2D eigenvalue weighted by atomic mass is 16.5. The molecule has 0 aliphatic carbocycles. The van der Waals surface area contributed by atoms with E-state index in [-0.39, 0.29) is 5.75 Å². The van der Waals surface area contributed by atoms with Gasteiger partial charge in [-0.3, -0.25) is 0 Å². The van der Waals surface area contributed by atoms with Gasteiger partial charge in [-0.15, -0.1) is 5.75 Å². The summed E-state index contributed by atoms with van der Waals surface area (Å²) in [5.41, 5.74) is 0. The Hall–Kier alpha value is -1.70. The fourth-order valence-corrected chi connectivity index (χ4v) is 1.43. The summed E-state index contributed by atoms with van der Waals surface area (Å²) in [6, 6.07) is 10.7. The number of methoxy groups -OCH3 is 1. The molecule has 2 aromatic carbocycles. The molecule has 0 saturated heterocycles. The fourth-order valence-electron chi connectivity index (χ4n) is 1.43. The van der Waals surface area contributed by atoms with Crippen molar-refractivity contribution in [3.05, 3.63) is 36.4 Å². The third kappa shape index (κ3) is 1.20.